The van der Waals surface area contributed by atoms with Gasteiger partial charge in [0.2, 0.25) is 5.75 Å². The van der Waals surface area contributed by atoms with Crippen molar-refractivity contribution in [2.24, 2.45) is 0 Å². The molecule has 5 rings (SSSR count). The summed E-state index contributed by atoms with van der Waals surface area (Å²) in [5.41, 5.74) is 1.82. The maximum Gasteiger partial charge on any atom is 0.296 e. The van der Waals surface area contributed by atoms with E-state index in [1.165, 1.54) is 32.5 Å². The molecule has 1 amide bonds. The van der Waals surface area contributed by atoms with Crippen LogP contribution in [-0.4, -0.2) is 52.4 Å². The van der Waals surface area contributed by atoms with Gasteiger partial charge in [-0.25, -0.2) is 4.98 Å². The summed E-state index contributed by atoms with van der Waals surface area (Å²) in [7, 11) is 4.43. The Morgan fingerprint density at radius 2 is 1.78 bits per heavy atom. The van der Waals surface area contributed by atoms with Crippen LogP contribution in [0.5, 0.6) is 17.2 Å². The highest BCUT2D eigenvalue weighted by Crippen LogP contribution is 2.46. The first-order valence-corrected chi connectivity index (χ1v) is 11.4. The molecule has 1 saturated heterocycles. The molecule has 10 nitrogen and oxygen atoms in total. The predicted molar refractivity (Wildman–Crippen MR) is 133 cm³/mol. The zero-order valence-corrected chi connectivity index (χ0v) is 20.7. The Morgan fingerprint density at radius 1 is 1.05 bits per heavy atom. The molecule has 1 aliphatic heterocycles. The molecule has 4 aromatic rings. The minimum Gasteiger partial charge on any atom is -0.505 e. The molecule has 0 radical (unpaired) electrons. The zero-order valence-electron chi connectivity index (χ0n) is 20.7. The number of ether oxygens (including phenoxy) is 3. The summed E-state index contributed by atoms with van der Waals surface area (Å²) in [5, 5.41) is 11.6. The molecule has 1 unspecified atom stereocenters. The maximum absolute atomic E-state index is 13.5. The van der Waals surface area contributed by atoms with Gasteiger partial charge in [0.25, 0.3) is 11.7 Å². The largest absolute Gasteiger partial charge is 0.505 e. The Morgan fingerprint density at radius 3 is 2.41 bits per heavy atom. The Hall–Kier alpha value is -4.73. The highest BCUT2D eigenvalue weighted by Gasteiger charge is 2.47. The number of hydrogen-bond acceptors (Lipinski definition) is 8. The summed E-state index contributed by atoms with van der Waals surface area (Å²) in [4.78, 5) is 32.7. The average molecular weight is 504 g/mol. The Kier molecular flexibility index (Phi) is 6.08. The number of carbonyl (C=O) groups is 2. The summed E-state index contributed by atoms with van der Waals surface area (Å²) in [6.45, 7) is 1.73. The lowest BCUT2D eigenvalue weighted by Crippen LogP contribution is -2.29. The Labute approximate surface area is 212 Å². The first-order chi connectivity index (χ1) is 17.9. The second-order valence-electron chi connectivity index (χ2n) is 8.44. The van der Waals surface area contributed by atoms with Crippen LogP contribution in [0.1, 0.15) is 28.8 Å². The molecule has 4 heterocycles. The molecule has 0 bridgehead atoms. The Balaban J connectivity index is 1.77. The first kappa shape index (κ1) is 24.0. The van der Waals surface area contributed by atoms with Gasteiger partial charge in [-0.3, -0.25) is 14.0 Å². The van der Waals surface area contributed by atoms with E-state index < -0.39 is 17.7 Å². The number of amides is 1. The van der Waals surface area contributed by atoms with E-state index in [9.17, 15) is 14.7 Å². The molecule has 1 atom stereocenters. The van der Waals surface area contributed by atoms with Crippen LogP contribution in [0.3, 0.4) is 0 Å². The lowest BCUT2D eigenvalue weighted by molar-refractivity contribution is -0.140. The highest BCUT2D eigenvalue weighted by molar-refractivity contribution is 6.46. The molecule has 0 aliphatic carbocycles. The van der Waals surface area contributed by atoms with Crippen molar-refractivity contribution in [3.05, 3.63) is 83.2 Å². The second kappa shape index (κ2) is 9.38. The summed E-state index contributed by atoms with van der Waals surface area (Å²) in [6.07, 6.45) is 3.22. The number of aryl methyl sites for hydroxylation is 1. The number of rotatable bonds is 7. The predicted octanol–water partition coefficient (Wildman–Crippen LogP) is 3.88. The SMILES string of the molecule is COc1cc(C2C(=C(O)c3c(C)nc4ccccn34)C(=O)C(=O)N2Cc2ccco2)cc(OC)c1OC. The number of Topliss-reactive ketones (excluding diaryl/α,β-unsaturated/α-hetero) is 1. The fraction of sp³-hybridized carbons (Fsp3) is 0.222. The van der Waals surface area contributed by atoms with Crippen molar-refractivity contribution in [2.75, 3.05) is 21.3 Å². The molecule has 10 heteroatoms. The molecular weight excluding hydrogens is 478 g/mol. The van der Waals surface area contributed by atoms with E-state index in [0.29, 0.717) is 45.6 Å². The Bertz CT molecular complexity index is 1510. The van der Waals surface area contributed by atoms with Crippen molar-refractivity contribution < 1.29 is 33.3 Å². The van der Waals surface area contributed by atoms with Crippen LogP contribution in [0.2, 0.25) is 0 Å². The number of likely N-dealkylation sites (tertiary alicyclic amines) is 1. The number of aromatic nitrogens is 2. The van der Waals surface area contributed by atoms with Gasteiger partial charge in [0, 0.05) is 6.20 Å². The van der Waals surface area contributed by atoms with Gasteiger partial charge in [-0.15, -0.1) is 0 Å². The van der Waals surface area contributed by atoms with Crippen molar-refractivity contribution in [1.29, 1.82) is 0 Å². The van der Waals surface area contributed by atoms with Crippen LogP contribution < -0.4 is 14.2 Å². The van der Waals surface area contributed by atoms with Crippen LogP contribution >= 0.6 is 0 Å². The molecule has 37 heavy (non-hydrogen) atoms. The molecule has 3 aromatic heterocycles. The number of furan rings is 1. The highest BCUT2D eigenvalue weighted by atomic mass is 16.5. The van der Waals surface area contributed by atoms with E-state index in [1.54, 1.807) is 53.9 Å². The van der Waals surface area contributed by atoms with E-state index in [4.69, 9.17) is 18.6 Å². The monoisotopic (exact) mass is 503 g/mol. The average Bonchev–Trinajstić information content (AvgIpc) is 3.60. The van der Waals surface area contributed by atoms with Gasteiger partial charge in [-0.05, 0) is 48.9 Å². The third kappa shape index (κ3) is 3.86. The molecule has 190 valence electrons. The summed E-state index contributed by atoms with van der Waals surface area (Å²) < 4.78 is 23.6. The molecule has 1 aromatic carbocycles. The van der Waals surface area contributed by atoms with Gasteiger partial charge >= 0.3 is 0 Å². The lowest BCUT2D eigenvalue weighted by atomic mass is 9.95. The van der Waals surface area contributed by atoms with E-state index in [1.807, 2.05) is 6.07 Å². The van der Waals surface area contributed by atoms with E-state index in [-0.39, 0.29) is 17.9 Å². The smallest absolute Gasteiger partial charge is 0.296 e. The number of nitrogens with zero attached hydrogens (tertiary/aromatic N) is 3. The fourth-order valence-electron chi connectivity index (χ4n) is 4.75. The molecule has 1 aliphatic rings. The third-order valence-corrected chi connectivity index (χ3v) is 6.38. The van der Waals surface area contributed by atoms with Crippen molar-refractivity contribution in [3.63, 3.8) is 0 Å². The van der Waals surface area contributed by atoms with Crippen LogP contribution in [0.15, 0.2) is 64.9 Å². The van der Waals surface area contributed by atoms with Crippen LogP contribution in [0.4, 0.5) is 0 Å². The maximum atomic E-state index is 13.5. The molecule has 1 fully saturated rings. The normalized spacial score (nSPS) is 17.0. The molecular formula is C27H25N3O7. The standard InChI is InChI=1S/C27H25N3O7/c1-15-22(29-10-6-5-9-20(29)28-15)24(31)21-23(16-12-18(34-2)26(36-4)19(13-16)35-3)30(27(33)25(21)32)14-17-8-7-11-37-17/h5-13,23,31H,14H2,1-4H3. The number of benzene rings is 1. The zero-order chi connectivity index (χ0) is 26.3. The number of ketones is 1. The van der Waals surface area contributed by atoms with Gasteiger partial charge < -0.3 is 28.6 Å². The van der Waals surface area contributed by atoms with Crippen LogP contribution in [-0.2, 0) is 16.1 Å². The number of carbonyl (C=O) groups excluding carboxylic acids is 2. The van der Waals surface area contributed by atoms with Crippen molar-refractivity contribution >= 4 is 23.1 Å². The van der Waals surface area contributed by atoms with Gasteiger partial charge in [-0.1, -0.05) is 6.07 Å². The van der Waals surface area contributed by atoms with E-state index in [2.05, 4.69) is 4.98 Å². The first-order valence-electron chi connectivity index (χ1n) is 11.4. The summed E-state index contributed by atoms with van der Waals surface area (Å²) in [6, 6.07) is 11.1. The minimum absolute atomic E-state index is 0.00180. The number of aliphatic hydroxyl groups excluding tert-OH is 1. The number of aliphatic hydroxyl groups is 1. The van der Waals surface area contributed by atoms with Crippen molar-refractivity contribution in [3.8, 4) is 17.2 Å². The van der Waals surface area contributed by atoms with Gasteiger partial charge in [0.1, 0.15) is 17.1 Å². The van der Waals surface area contributed by atoms with Gasteiger partial charge in [0.05, 0.1) is 51.4 Å². The number of hydrogen-bond donors (Lipinski definition) is 1. The summed E-state index contributed by atoms with van der Waals surface area (Å²) >= 11 is 0. The third-order valence-electron chi connectivity index (χ3n) is 6.38. The number of fused-ring (bicyclic) bond motifs is 1. The second-order valence-corrected chi connectivity index (χ2v) is 8.44. The molecule has 0 saturated carbocycles. The van der Waals surface area contributed by atoms with Gasteiger partial charge in [0.15, 0.2) is 17.3 Å². The molecule has 1 N–H and O–H groups in total. The quantitative estimate of drug-likeness (QED) is 0.230. The lowest BCUT2D eigenvalue weighted by Gasteiger charge is -2.26. The van der Waals surface area contributed by atoms with E-state index >= 15 is 0 Å². The topological polar surface area (TPSA) is 116 Å². The minimum atomic E-state index is -0.979. The van der Waals surface area contributed by atoms with Crippen LogP contribution in [0, 0.1) is 6.92 Å². The van der Waals surface area contributed by atoms with Crippen molar-refractivity contribution in [2.45, 2.75) is 19.5 Å². The van der Waals surface area contributed by atoms with Gasteiger partial charge in [-0.2, -0.15) is 0 Å². The van der Waals surface area contributed by atoms with E-state index in [0.717, 1.165) is 0 Å². The summed E-state index contributed by atoms with van der Waals surface area (Å²) in [5.74, 6) is -0.427. The fourth-order valence-corrected chi connectivity index (χ4v) is 4.75. The number of methoxy groups -OCH3 is 3. The van der Waals surface area contributed by atoms with Crippen LogP contribution in [0.25, 0.3) is 11.4 Å². The van der Waals surface area contributed by atoms with Crippen molar-refractivity contribution in [1.82, 2.24) is 14.3 Å². The molecule has 0 spiro atoms. The number of pyridine rings is 1. The number of imidazole rings is 1.